The van der Waals surface area contributed by atoms with E-state index in [9.17, 15) is 9.59 Å². The lowest BCUT2D eigenvalue weighted by Gasteiger charge is -2.36. The zero-order valence-corrected chi connectivity index (χ0v) is 13.5. The van der Waals surface area contributed by atoms with Crippen molar-refractivity contribution in [2.24, 2.45) is 0 Å². The largest absolute Gasteiger partial charge is 0.480 e. The van der Waals surface area contributed by atoms with Gasteiger partial charge >= 0.3 is 12.0 Å². The molecule has 1 fully saturated rings. The van der Waals surface area contributed by atoms with E-state index in [0.29, 0.717) is 6.42 Å². The third-order valence-corrected chi connectivity index (χ3v) is 4.31. The van der Waals surface area contributed by atoms with Crippen molar-refractivity contribution in [2.45, 2.75) is 58.0 Å². The number of nitrogens with zero attached hydrogens (tertiary/aromatic N) is 2. The molecule has 1 rings (SSSR count). The van der Waals surface area contributed by atoms with Crippen LogP contribution in [0.3, 0.4) is 0 Å². The van der Waals surface area contributed by atoms with Gasteiger partial charge in [-0.15, -0.1) is 0 Å². The van der Waals surface area contributed by atoms with Crippen LogP contribution in [0.25, 0.3) is 0 Å². The van der Waals surface area contributed by atoms with Gasteiger partial charge in [-0.05, 0) is 25.8 Å². The van der Waals surface area contributed by atoms with Gasteiger partial charge < -0.3 is 20.2 Å². The van der Waals surface area contributed by atoms with Crippen molar-refractivity contribution >= 4 is 12.0 Å². The van der Waals surface area contributed by atoms with E-state index in [1.54, 1.807) is 11.9 Å². The number of carboxylic acids is 1. The van der Waals surface area contributed by atoms with Crippen LogP contribution in [0.15, 0.2) is 0 Å². The molecule has 0 aromatic rings. The second-order valence-electron chi connectivity index (χ2n) is 5.76. The highest BCUT2D eigenvalue weighted by Crippen LogP contribution is 2.15. The maximum atomic E-state index is 12.2. The van der Waals surface area contributed by atoms with Crippen LogP contribution in [0.5, 0.6) is 0 Å². The number of hydrogen-bond acceptors (Lipinski definition) is 3. The van der Waals surface area contributed by atoms with Crippen molar-refractivity contribution in [3.63, 3.8) is 0 Å². The lowest BCUT2D eigenvalue weighted by Crippen LogP contribution is -2.52. The Morgan fingerprint density at radius 3 is 2.43 bits per heavy atom. The summed E-state index contributed by atoms with van der Waals surface area (Å²) in [6.45, 7) is 7.19. The maximum Gasteiger partial charge on any atom is 0.326 e. The first-order valence-corrected chi connectivity index (χ1v) is 7.98. The molecule has 0 bridgehead atoms. The number of carbonyl (C=O) groups is 2. The smallest absolute Gasteiger partial charge is 0.326 e. The fourth-order valence-corrected chi connectivity index (χ4v) is 2.71. The van der Waals surface area contributed by atoms with Crippen molar-refractivity contribution in [3.8, 4) is 0 Å². The van der Waals surface area contributed by atoms with Crippen molar-refractivity contribution < 1.29 is 14.7 Å². The van der Waals surface area contributed by atoms with Gasteiger partial charge in [-0.3, -0.25) is 0 Å². The maximum absolute atomic E-state index is 12.2. The molecule has 1 aliphatic rings. The molecule has 1 heterocycles. The molecule has 122 valence electrons. The quantitative estimate of drug-likeness (QED) is 0.751. The minimum atomic E-state index is -0.953. The predicted molar refractivity (Wildman–Crippen MR) is 82.4 cm³/mol. The molecule has 1 atom stereocenters. The monoisotopic (exact) mass is 299 g/mol. The molecule has 0 spiro atoms. The fourth-order valence-electron chi connectivity index (χ4n) is 2.71. The van der Waals surface area contributed by atoms with Crippen molar-refractivity contribution in [1.29, 1.82) is 0 Å². The van der Waals surface area contributed by atoms with Gasteiger partial charge in [0.25, 0.3) is 0 Å². The number of rotatable bonds is 7. The van der Waals surface area contributed by atoms with Crippen LogP contribution in [0, 0.1) is 0 Å². The minimum absolute atomic E-state index is 0.202. The predicted octanol–water partition coefficient (Wildman–Crippen LogP) is 1.76. The van der Waals surface area contributed by atoms with Crippen LogP contribution in [0.1, 0.15) is 46.0 Å². The van der Waals surface area contributed by atoms with Gasteiger partial charge in [0.05, 0.1) is 0 Å². The summed E-state index contributed by atoms with van der Waals surface area (Å²) in [6, 6.07) is -0.850. The molecule has 1 saturated heterocycles. The molecule has 21 heavy (non-hydrogen) atoms. The van der Waals surface area contributed by atoms with Crippen LogP contribution in [0.2, 0.25) is 0 Å². The summed E-state index contributed by atoms with van der Waals surface area (Å²) in [4.78, 5) is 27.4. The van der Waals surface area contributed by atoms with E-state index in [0.717, 1.165) is 45.3 Å². The van der Waals surface area contributed by atoms with Gasteiger partial charge in [0.15, 0.2) is 0 Å². The zero-order chi connectivity index (χ0) is 15.8. The number of amides is 2. The van der Waals surface area contributed by atoms with E-state index in [1.807, 2.05) is 6.92 Å². The highest BCUT2D eigenvalue weighted by atomic mass is 16.4. The van der Waals surface area contributed by atoms with E-state index in [2.05, 4.69) is 17.1 Å². The molecule has 6 nitrogen and oxygen atoms in total. The van der Waals surface area contributed by atoms with Gasteiger partial charge in [-0.1, -0.05) is 26.7 Å². The minimum Gasteiger partial charge on any atom is -0.480 e. The van der Waals surface area contributed by atoms with Crippen molar-refractivity contribution in [3.05, 3.63) is 0 Å². The Labute approximate surface area is 127 Å². The summed E-state index contributed by atoms with van der Waals surface area (Å²) in [6.07, 6.45) is 4.11. The first kappa shape index (κ1) is 17.8. The topological polar surface area (TPSA) is 72.9 Å². The molecule has 6 heteroatoms. The van der Waals surface area contributed by atoms with Crippen LogP contribution in [-0.4, -0.2) is 65.7 Å². The third kappa shape index (κ3) is 5.53. The van der Waals surface area contributed by atoms with Crippen LogP contribution < -0.4 is 5.32 Å². The number of likely N-dealkylation sites (tertiary alicyclic amines) is 1. The molecule has 0 aromatic carbocycles. The number of nitrogens with one attached hydrogen (secondary N) is 1. The summed E-state index contributed by atoms with van der Waals surface area (Å²) in [7, 11) is 1.76. The van der Waals surface area contributed by atoms with Crippen molar-refractivity contribution in [1.82, 2.24) is 15.1 Å². The number of piperidine rings is 1. The highest BCUT2D eigenvalue weighted by molar-refractivity contribution is 5.82. The molecule has 2 amide bonds. The molecule has 0 saturated carbocycles. The Morgan fingerprint density at radius 2 is 1.95 bits per heavy atom. The lowest BCUT2D eigenvalue weighted by atomic mass is 10.0. The Hall–Kier alpha value is -1.30. The average molecular weight is 299 g/mol. The average Bonchev–Trinajstić information content (AvgIpc) is 2.50. The molecule has 0 aromatic heterocycles. The first-order valence-electron chi connectivity index (χ1n) is 7.98. The van der Waals surface area contributed by atoms with Gasteiger partial charge in [-0.2, -0.15) is 0 Å². The van der Waals surface area contributed by atoms with Crippen LogP contribution >= 0.6 is 0 Å². The Bertz CT molecular complexity index is 341. The van der Waals surface area contributed by atoms with Gasteiger partial charge in [0.1, 0.15) is 6.04 Å². The molecule has 0 aliphatic carbocycles. The summed E-state index contributed by atoms with van der Waals surface area (Å²) in [5.41, 5.74) is 0. The standard InChI is InChI=1S/C15H29N3O3/c1-4-6-7-13(14(19)20)16-15(21)17(3)12-8-10-18(5-2)11-9-12/h12-13H,4-11H2,1-3H3,(H,16,21)(H,19,20)/t13-/m0/s1. The summed E-state index contributed by atoms with van der Waals surface area (Å²) >= 11 is 0. The highest BCUT2D eigenvalue weighted by Gasteiger charge is 2.27. The fraction of sp³-hybridized carbons (Fsp3) is 0.867. The van der Waals surface area contributed by atoms with Crippen molar-refractivity contribution in [2.75, 3.05) is 26.7 Å². The second-order valence-corrected chi connectivity index (χ2v) is 5.76. The SMILES string of the molecule is CCCC[C@H](NC(=O)N(C)C1CCN(CC)CC1)C(=O)O. The van der Waals surface area contributed by atoms with Gasteiger partial charge in [0.2, 0.25) is 0 Å². The molecular formula is C15H29N3O3. The molecule has 2 N–H and O–H groups in total. The summed E-state index contributed by atoms with van der Waals surface area (Å²) < 4.78 is 0. The molecular weight excluding hydrogens is 270 g/mol. The van der Waals surface area contributed by atoms with Crippen LogP contribution in [-0.2, 0) is 4.79 Å². The van der Waals surface area contributed by atoms with Crippen LogP contribution in [0.4, 0.5) is 4.79 Å². The summed E-state index contributed by atoms with van der Waals surface area (Å²) in [5, 5.41) is 11.8. The first-order chi connectivity index (χ1) is 9.99. The second kappa shape index (κ2) is 8.87. The number of urea groups is 1. The van der Waals surface area contributed by atoms with E-state index < -0.39 is 12.0 Å². The Balaban J connectivity index is 2.47. The number of hydrogen-bond donors (Lipinski definition) is 2. The third-order valence-electron chi connectivity index (χ3n) is 4.31. The summed E-state index contributed by atoms with van der Waals surface area (Å²) in [5.74, 6) is -0.953. The zero-order valence-electron chi connectivity index (χ0n) is 13.5. The number of unbranched alkanes of at least 4 members (excludes halogenated alkanes) is 1. The normalized spacial score (nSPS) is 18.2. The molecule has 0 radical (unpaired) electrons. The molecule has 0 unspecified atom stereocenters. The van der Waals surface area contributed by atoms with E-state index in [1.165, 1.54) is 0 Å². The lowest BCUT2D eigenvalue weighted by molar-refractivity contribution is -0.139. The van der Waals surface area contributed by atoms with E-state index in [-0.39, 0.29) is 12.1 Å². The Morgan fingerprint density at radius 1 is 1.33 bits per heavy atom. The molecule has 1 aliphatic heterocycles. The number of carboxylic acid groups (broad SMARTS) is 1. The number of aliphatic carboxylic acids is 1. The van der Waals surface area contributed by atoms with E-state index in [4.69, 9.17) is 5.11 Å². The number of carbonyl (C=O) groups excluding carboxylic acids is 1. The van der Waals surface area contributed by atoms with Gasteiger partial charge in [-0.25, -0.2) is 9.59 Å². The van der Waals surface area contributed by atoms with Gasteiger partial charge in [0, 0.05) is 26.2 Å². The van der Waals surface area contributed by atoms with E-state index >= 15 is 0 Å². The Kier molecular flexibility index (Phi) is 7.50.